The largest absolute Gasteiger partial charge is 0.469 e. The van der Waals surface area contributed by atoms with E-state index >= 15 is 0 Å². The average Bonchev–Trinajstić information content (AvgIpc) is 2.54. The minimum atomic E-state index is -0.468. The number of benzene rings is 1. The number of nitro benzene ring substituents is 1. The fourth-order valence-corrected chi connectivity index (χ4v) is 2.62. The van der Waals surface area contributed by atoms with Gasteiger partial charge in [-0.15, -0.1) is 0 Å². The summed E-state index contributed by atoms with van der Waals surface area (Å²) >= 11 is 12.2. The van der Waals surface area contributed by atoms with Crippen LogP contribution in [0, 0.1) is 10.1 Å². The van der Waals surface area contributed by atoms with Crippen LogP contribution in [0.5, 0.6) is 0 Å². The van der Waals surface area contributed by atoms with Crippen molar-refractivity contribution in [3.63, 3.8) is 0 Å². The highest BCUT2D eigenvalue weighted by molar-refractivity contribution is 6.34. The normalized spacial score (nSPS) is 10.5. The molecule has 24 heavy (non-hydrogen) atoms. The minimum Gasteiger partial charge on any atom is -0.469 e. The maximum absolute atomic E-state index is 11.2. The molecule has 1 aromatic heterocycles. The number of aromatic nitrogens is 2. The Balaban J connectivity index is 2.14. The van der Waals surface area contributed by atoms with Crippen LogP contribution in [-0.2, 0) is 22.4 Å². The topological polar surface area (TPSA) is 95.2 Å². The van der Waals surface area contributed by atoms with Gasteiger partial charge in [0.15, 0.2) is 0 Å². The van der Waals surface area contributed by atoms with Crippen LogP contribution < -0.4 is 0 Å². The fraction of sp³-hybridized carbons (Fsp3) is 0.267. The molecule has 0 aliphatic carbocycles. The van der Waals surface area contributed by atoms with E-state index in [4.69, 9.17) is 23.2 Å². The van der Waals surface area contributed by atoms with E-state index in [9.17, 15) is 14.9 Å². The first-order valence-electron chi connectivity index (χ1n) is 6.91. The summed E-state index contributed by atoms with van der Waals surface area (Å²) in [4.78, 5) is 29.7. The second-order valence-corrected chi connectivity index (χ2v) is 5.59. The summed E-state index contributed by atoms with van der Waals surface area (Å²) in [7, 11) is 1.30. The first kappa shape index (κ1) is 18.1. The number of esters is 1. The van der Waals surface area contributed by atoms with Crippen molar-refractivity contribution in [3.8, 4) is 0 Å². The Hall–Kier alpha value is -2.25. The molecule has 126 valence electrons. The zero-order chi connectivity index (χ0) is 17.7. The molecule has 7 nitrogen and oxygen atoms in total. The first-order chi connectivity index (χ1) is 11.4. The molecule has 1 aromatic carbocycles. The number of halogens is 2. The maximum Gasteiger partial charge on any atom is 0.305 e. The lowest BCUT2D eigenvalue weighted by Gasteiger charge is -2.08. The molecule has 0 atom stereocenters. The van der Waals surface area contributed by atoms with Crippen LogP contribution in [0.4, 0.5) is 5.69 Å². The summed E-state index contributed by atoms with van der Waals surface area (Å²) in [5.74, 6) is 0.0118. The molecule has 9 heteroatoms. The Morgan fingerprint density at radius 3 is 2.29 bits per heavy atom. The summed E-state index contributed by atoms with van der Waals surface area (Å²) in [6.45, 7) is 0. The second kappa shape index (κ2) is 8.03. The van der Waals surface area contributed by atoms with Gasteiger partial charge < -0.3 is 4.74 Å². The highest BCUT2D eigenvalue weighted by Gasteiger charge is 2.14. The van der Waals surface area contributed by atoms with E-state index in [-0.39, 0.29) is 34.8 Å². The van der Waals surface area contributed by atoms with Gasteiger partial charge in [-0.05, 0) is 12.0 Å². The Labute approximate surface area is 147 Å². The SMILES string of the molecule is COC(=O)CCc1c(Cl)nc(Cc2ccc([N+](=O)[O-])cc2)nc1Cl. The van der Waals surface area contributed by atoms with Crippen molar-refractivity contribution in [3.05, 3.63) is 61.6 Å². The smallest absolute Gasteiger partial charge is 0.305 e. The van der Waals surface area contributed by atoms with Gasteiger partial charge in [0.05, 0.1) is 12.0 Å². The minimum absolute atomic E-state index is 0.00823. The van der Waals surface area contributed by atoms with E-state index < -0.39 is 4.92 Å². The van der Waals surface area contributed by atoms with Crippen LogP contribution in [-0.4, -0.2) is 28.0 Å². The molecule has 0 saturated carbocycles. The monoisotopic (exact) mass is 369 g/mol. The van der Waals surface area contributed by atoms with Crippen LogP contribution in [0.2, 0.25) is 10.3 Å². The third kappa shape index (κ3) is 4.62. The number of nitrogens with zero attached hydrogens (tertiary/aromatic N) is 3. The van der Waals surface area contributed by atoms with Gasteiger partial charge in [0.25, 0.3) is 5.69 Å². The molecule has 1 heterocycles. The predicted octanol–water partition coefficient (Wildman–Crippen LogP) is 3.39. The summed E-state index contributed by atoms with van der Waals surface area (Å²) in [5, 5.41) is 11.0. The van der Waals surface area contributed by atoms with Gasteiger partial charge in [0, 0.05) is 30.5 Å². The molecule has 0 saturated heterocycles. The van der Waals surface area contributed by atoms with Crippen molar-refractivity contribution in [1.29, 1.82) is 0 Å². The third-order valence-corrected chi connectivity index (χ3v) is 3.89. The summed E-state index contributed by atoms with van der Waals surface area (Å²) in [6.07, 6.45) is 0.734. The van der Waals surface area contributed by atoms with Crippen molar-refractivity contribution < 1.29 is 14.5 Å². The summed E-state index contributed by atoms with van der Waals surface area (Å²) in [6, 6.07) is 6.05. The quantitative estimate of drug-likeness (QED) is 0.335. The maximum atomic E-state index is 11.2. The van der Waals surface area contributed by atoms with Crippen LogP contribution in [0.3, 0.4) is 0 Å². The van der Waals surface area contributed by atoms with E-state index in [1.165, 1.54) is 19.2 Å². The van der Waals surface area contributed by atoms with Gasteiger partial charge in [-0.3, -0.25) is 14.9 Å². The summed E-state index contributed by atoms with van der Waals surface area (Å²) < 4.78 is 4.57. The number of carbonyl (C=O) groups is 1. The molecule has 0 aliphatic rings. The van der Waals surface area contributed by atoms with E-state index in [2.05, 4.69) is 14.7 Å². The zero-order valence-electron chi connectivity index (χ0n) is 12.7. The molecule has 0 amide bonds. The number of methoxy groups -OCH3 is 1. The lowest BCUT2D eigenvalue weighted by Crippen LogP contribution is -2.06. The van der Waals surface area contributed by atoms with E-state index in [1.54, 1.807) is 12.1 Å². The second-order valence-electron chi connectivity index (χ2n) is 4.88. The Morgan fingerprint density at radius 1 is 1.21 bits per heavy atom. The van der Waals surface area contributed by atoms with Crippen molar-refractivity contribution in [2.24, 2.45) is 0 Å². The number of nitro groups is 1. The van der Waals surface area contributed by atoms with Crippen LogP contribution >= 0.6 is 23.2 Å². The van der Waals surface area contributed by atoms with E-state index in [1.807, 2.05) is 0 Å². The molecule has 0 N–H and O–H groups in total. The number of rotatable bonds is 6. The fourth-order valence-electron chi connectivity index (χ4n) is 2.00. The molecule has 0 fully saturated rings. The standard InChI is InChI=1S/C15H13Cl2N3O4/c1-24-13(21)7-6-11-14(16)18-12(19-15(11)17)8-9-2-4-10(5-3-9)20(22)23/h2-5H,6-8H2,1H3. The van der Waals surface area contributed by atoms with Crippen molar-refractivity contribution >= 4 is 34.9 Å². The number of hydrogen-bond donors (Lipinski definition) is 0. The third-order valence-electron chi connectivity index (χ3n) is 3.27. The zero-order valence-corrected chi connectivity index (χ0v) is 14.2. The lowest BCUT2D eigenvalue weighted by atomic mass is 10.1. The van der Waals surface area contributed by atoms with Crippen molar-refractivity contribution in [1.82, 2.24) is 9.97 Å². The van der Waals surface area contributed by atoms with Crippen LogP contribution in [0.25, 0.3) is 0 Å². The van der Waals surface area contributed by atoms with Gasteiger partial charge >= 0.3 is 5.97 Å². The van der Waals surface area contributed by atoms with Crippen LogP contribution in [0.1, 0.15) is 23.4 Å². The molecule has 0 unspecified atom stereocenters. The molecule has 0 radical (unpaired) electrons. The van der Waals surface area contributed by atoms with Crippen molar-refractivity contribution in [2.45, 2.75) is 19.3 Å². The number of carbonyl (C=O) groups excluding carboxylic acids is 1. The van der Waals surface area contributed by atoms with E-state index in [0.29, 0.717) is 17.8 Å². The van der Waals surface area contributed by atoms with Crippen LogP contribution in [0.15, 0.2) is 24.3 Å². The van der Waals surface area contributed by atoms with Gasteiger partial charge in [-0.2, -0.15) is 0 Å². The van der Waals surface area contributed by atoms with Gasteiger partial charge in [0.1, 0.15) is 16.1 Å². The Morgan fingerprint density at radius 2 is 1.79 bits per heavy atom. The Kier molecular flexibility index (Phi) is 6.05. The molecule has 0 aliphatic heterocycles. The van der Waals surface area contributed by atoms with E-state index in [0.717, 1.165) is 5.56 Å². The molecular weight excluding hydrogens is 357 g/mol. The molecule has 2 rings (SSSR count). The first-order valence-corrected chi connectivity index (χ1v) is 7.67. The molecular formula is C15H13Cl2N3O4. The predicted molar refractivity (Wildman–Crippen MR) is 88.3 cm³/mol. The van der Waals surface area contributed by atoms with Gasteiger partial charge in [-0.25, -0.2) is 9.97 Å². The van der Waals surface area contributed by atoms with Gasteiger partial charge in [0.2, 0.25) is 0 Å². The lowest BCUT2D eigenvalue weighted by molar-refractivity contribution is -0.384. The average molecular weight is 370 g/mol. The number of non-ortho nitro benzene ring substituents is 1. The molecule has 0 spiro atoms. The Bertz CT molecular complexity index is 743. The molecule has 2 aromatic rings. The highest BCUT2D eigenvalue weighted by atomic mass is 35.5. The van der Waals surface area contributed by atoms with Crippen molar-refractivity contribution in [2.75, 3.05) is 7.11 Å². The summed E-state index contributed by atoms with van der Waals surface area (Å²) in [5.41, 5.74) is 1.28. The number of hydrogen-bond acceptors (Lipinski definition) is 6. The number of ether oxygens (including phenoxy) is 1. The van der Waals surface area contributed by atoms with Gasteiger partial charge in [-0.1, -0.05) is 35.3 Å². The highest BCUT2D eigenvalue weighted by Crippen LogP contribution is 2.24. The molecule has 0 bridgehead atoms.